The van der Waals surface area contributed by atoms with Crippen molar-refractivity contribution in [1.82, 2.24) is 15.5 Å². The summed E-state index contributed by atoms with van der Waals surface area (Å²) in [7, 11) is 0. The molecule has 2 rings (SSSR count). The van der Waals surface area contributed by atoms with E-state index in [1.807, 2.05) is 6.92 Å². The summed E-state index contributed by atoms with van der Waals surface area (Å²) in [4.78, 5) is 52.8. The van der Waals surface area contributed by atoms with E-state index in [4.69, 9.17) is 10.5 Å². The molecule has 35 heavy (non-hydrogen) atoms. The van der Waals surface area contributed by atoms with Crippen LogP contribution in [-0.2, 0) is 19.1 Å². The Morgan fingerprint density at radius 1 is 1.23 bits per heavy atom. The lowest BCUT2D eigenvalue weighted by atomic mass is 9.99. The van der Waals surface area contributed by atoms with Gasteiger partial charge in [0.25, 0.3) is 0 Å². The predicted molar refractivity (Wildman–Crippen MR) is 130 cm³/mol. The first-order valence-electron chi connectivity index (χ1n) is 12.0. The highest BCUT2D eigenvalue weighted by Crippen LogP contribution is 2.36. The molecule has 10 nitrogen and oxygen atoms in total. The Balaban J connectivity index is 2.44. The minimum Gasteiger partial charge on any atom is -0.508 e. The maximum atomic E-state index is 13.8. The molecule has 0 aliphatic heterocycles. The number of primary amides is 1. The molecule has 2 unspecified atom stereocenters. The van der Waals surface area contributed by atoms with E-state index in [-0.39, 0.29) is 17.7 Å². The van der Waals surface area contributed by atoms with Crippen LogP contribution in [0.2, 0.25) is 0 Å². The van der Waals surface area contributed by atoms with Gasteiger partial charge >= 0.3 is 6.09 Å². The molecule has 194 valence electrons. The number of amides is 4. The van der Waals surface area contributed by atoms with Crippen LogP contribution in [0.3, 0.4) is 0 Å². The smallest absolute Gasteiger partial charge is 0.408 e. The Morgan fingerprint density at radius 3 is 2.40 bits per heavy atom. The number of benzene rings is 1. The van der Waals surface area contributed by atoms with E-state index >= 15 is 0 Å². The second-order valence-electron chi connectivity index (χ2n) is 9.94. The van der Waals surface area contributed by atoms with Crippen molar-refractivity contribution in [2.75, 3.05) is 6.54 Å². The second kappa shape index (κ2) is 11.9. The molecule has 0 spiro atoms. The Hall–Kier alpha value is -3.30. The summed E-state index contributed by atoms with van der Waals surface area (Å²) in [6, 6.07) is 2.18. The number of ether oxygens (including phenoxy) is 1. The summed E-state index contributed by atoms with van der Waals surface area (Å²) in [5.74, 6) is -1.68. The number of phenolic OH excluding ortho intramolecular Hbond substituents is 1. The van der Waals surface area contributed by atoms with Gasteiger partial charge in [-0.05, 0) is 70.2 Å². The van der Waals surface area contributed by atoms with Crippen LogP contribution < -0.4 is 16.4 Å². The number of alkyl carbamates (subject to hydrolysis) is 1. The van der Waals surface area contributed by atoms with Gasteiger partial charge in [-0.15, -0.1) is 0 Å². The quantitative estimate of drug-likeness (QED) is 0.350. The Labute approximate surface area is 206 Å². The summed E-state index contributed by atoms with van der Waals surface area (Å²) in [5.41, 5.74) is 5.64. The van der Waals surface area contributed by atoms with Gasteiger partial charge in [0.15, 0.2) is 0 Å². The van der Waals surface area contributed by atoms with Gasteiger partial charge < -0.3 is 31.1 Å². The zero-order chi connectivity index (χ0) is 26.3. The van der Waals surface area contributed by atoms with Crippen molar-refractivity contribution < 1.29 is 29.0 Å². The molecular weight excluding hydrogens is 452 g/mol. The average molecular weight is 491 g/mol. The number of hydrogen-bond donors (Lipinski definition) is 4. The van der Waals surface area contributed by atoms with E-state index in [1.165, 1.54) is 11.0 Å². The topological polar surface area (TPSA) is 151 Å². The molecule has 0 heterocycles. The number of hydrogen-bond acceptors (Lipinski definition) is 6. The van der Waals surface area contributed by atoms with E-state index in [1.54, 1.807) is 39.8 Å². The SMILES string of the molecule is CCCCNC(=O)C(c1ccc(O)c(C)c1)N(C(=O)C(CC(N)=O)NC(=O)OC(C)(C)C)C1CC1. The lowest BCUT2D eigenvalue weighted by molar-refractivity contribution is -0.144. The zero-order valence-corrected chi connectivity index (χ0v) is 21.2. The highest BCUT2D eigenvalue weighted by Gasteiger charge is 2.44. The summed E-state index contributed by atoms with van der Waals surface area (Å²) >= 11 is 0. The van der Waals surface area contributed by atoms with Crippen LogP contribution in [-0.4, -0.2) is 58.1 Å². The summed E-state index contributed by atoms with van der Waals surface area (Å²) in [6.07, 6.45) is 1.70. The number of nitrogens with one attached hydrogen (secondary N) is 2. The standard InChI is InChI=1S/C25H38N4O6/c1-6-7-12-27-22(32)21(16-8-11-19(30)15(2)13-16)29(17-9-10-17)23(33)18(14-20(26)31)28-24(34)35-25(3,4)5/h8,11,13,17-18,21,30H,6-7,9-10,12,14H2,1-5H3,(H2,26,31)(H,27,32)(H,28,34). The van der Waals surface area contributed by atoms with E-state index in [9.17, 15) is 24.3 Å². The van der Waals surface area contributed by atoms with Gasteiger partial charge in [0.05, 0.1) is 6.42 Å². The highest BCUT2D eigenvalue weighted by molar-refractivity contribution is 5.95. The zero-order valence-electron chi connectivity index (χ0n) is 21.2. The van der Waals surface area contributed by atoms with Crippen molar-refractivity contribution in [2.24, 2.45) is 5.73 Å². The van der Waals surface area contributed by atoms with Gasteiger partial charge in [0.2, 0.25) is 17.7 Å². The van der Waals surface area contributed by atoms with Crippen molar-refractivity contribution >= 4 is 23.8 Å². The molecule has 1 aromatic rings. The number of carbonyl (C=O) groups is 4. The predicted octanol–water partition coefficient (Wildman–Crippen LogP) is 2.42. The maximum absolute atomic E-state index is 13.8. The van der Waals surface area contributed by atoms with Gasteiger partial charge in [-0.1, -0.05) is 19.4 Å². The van der Waals surface area contributed by atoms with Crippen molar-refractivity contribution in [3.8, 4) is 5.75 Å². The first kappa shape index (κ1) is 27.9. The monoisotopic (exact) mass is 490 g/mol. The Bertz CT molecular complexity index is 938. The molecule has 1 aliphatic carbocycles. The molecule has 2 atom stereocenters. The summed E-state index contributed by atoms with van der Waals surface area (Å²) in [5, 5.41) is 15.3. The third-order valence-corrected chi connectivity index (χ3v) is 5.48. The lowest BCUT2D eigenvalue weighted by Gasteiger charge is -2.34. The minimum atomic E-state index is -1.30. The van der Waals surface area contributed by atoms with Gasteiger partial charge in [0.1, 0.15) is 23.4 Å². The normalized spacial score (nSPS) is 15.0. The van der Waals surface area contributed by atoms with Crippen LogP contribution in [0.5, 0.6) is 5.75 Å². The fourth-order valence-electron chi connectivity index (χ4n) is 3.67. The van der Waals surface area contributed by atoms with Crippen molar-refractivity contribution in [3.05, 3.63) is 29.3 Å². The van der Waals surface area contributed by atoms with Crippen LogP contribution >= 0.6 is 0 Å². The third-order valence-electron chi connectivity index (χ3n) is 5.48. The van der Waals surface area contributed by atoms with Crippen LogP contribution in [0.15, 0.2) is 18.2 Å². The van der Waals surface area contributed by atoms with Gasteiger partial charge in [-0.3, -0.25) is 14.4 Å². The molecule has 5 N–H and O–H groups in total. The number of carbonyl (C=O) groups excluding carboxylic acids is 4. The van der Waals surface area contributed by atoms with Crippen LogP contribution in [0.4, 0.5) is 4.79 Å². The molecule has 1 saturated carbocycles. The minimum absolute atomic E-state index is 0.0707. The molecule has 4 amide bonds. The van der Waals surface area contributed by atoms with Gasteiger partial charge in [0, 0.05) is 12.6 Å². The Morgan fingerprint density at radius 2 is 1.89 bits per heavy atom. The van der Waals surface area contributed by atoms with Crippen molar-refractivity contribution in [1.29, 1.82) is 0 Å². The number of unbranched alkanes of at least 4 members (excludes halogenated alkanes) is 1. The first-order valence-corrected chi connectivity index (χ1v) is 12.0. The summed E-state index contributed by atoms with van der Waals surface area (Å²) < 4.78 is 5.26. The van der Waals surface area contributed by atoms with E-state index < -0.39 is 42.0 Å². The summed E-state index contributed by atoms with van der Waals surface area (Å²) in [6.45, 7) is 9.18. The Kier molecular flexibility index (Phi) is 9.50. The van der Waals surface area contributed by atoms with Gasteiger partial charge in [-0.2, -0.15) is 0 Å². The van der Waals surface area contributed by atoms with E-state index in [2.05, 4.69) is 10.6 Å². The second-order valence-corrected chi connectivity index (χ2v) is 9.94. The molecular formula is C25H38N4O6. The third kappa shape index (κ3) is 8.45. The van der Waals surface area contributed by atoms with Crippen LogP contribution in [0.1, 0.15) is 77.0 Å². The van der Waals surface area contributed by atoms with Crippen molar-refractivity contribution in [3.63, 3.8) is 0 Å². The van der Waals surface area contributed by atoms with Crippen molar-refractivity contribution in [2.45, 2.75) is 90.4 Å². The number of aromatic hydroxyl groups is 1. The number of nitrogens with zero attached hydrogens (tertiary/aromatic N) is 1. The number of nitrogens with two attached hydrogens (primary N) is 1. The molecule has 1 aromatic carbocycles. The molecule has 0 radical (unpaired) electrons. The fraction of sp³-hybridized carbons (Fsp3) is 0.600. The number of rotatable bonds is 11. The highest BCUT2D eigenvalue weighted by atomic mass is 16.6. The number of aryl methyl sites for hydroxylation is 1. The maximum Gasteiger partial charge on any atom is 0.408 e. The van der Waals surface area contributed by atoms with Crippen LogP contribution in [0, 0.1) is 6.92 Å². The number of phenols is 1. The lowest BCUT2D eigenvalue weighted by Crippen LogP contribution is -2.54. The van der Waals surface area contributed by atoms with E-state index in [0.717, 1.165) is 12.8 Å². The molecule has 0 saturated heterocycles. The largest absolute Gasteiger partial charge is 0.508 e. The molecule has 0 bridgehead atoms. The van der Waals surface area contributed by atoms with Gasteiger partial charge in [-0.25, -0.2) is 4.79 Å². The molecule has 10 heteroatoms. The average Bonchev–Trinajstić information content (AvgIpc) is 3.56. The van der Waals surface area contributed by atoms with E-state index in [0.29, 0.717) is 30.5 Å². The molecule has 1 fully saturated rings. The first-order chi connectivity index (χ1) is 16.3. The fourth-order valence-corrected chi connectivity index (χ4v) is 3.67. The molecule has 0 aromatic heterocycles. The van der Waals surface area contributed by atoms with Crippen LogP contribution in [0.25, 0.3) is 0 Å². The molecule has 1 aliphatic rings.